The largest absolute Gasteiger partial charge is 0.353 e. The molecule has 3 heteroatoms. The van der Waals surface area contributed by atoms with E-state index in [0.29, 0.717) is 19.0 Å². The van der Waals surface area contributed by atoms with E-state index in [0.717, 1.165) is 32.1 Å². The molecular formula is C13H28N2O. The summed E-state index contributed by atoms with van der Waals surface area (Å²) in [6.45, 7) is 5.03. The van der Waals surface area contributed by atoms with Crippen LogP contribution in [-0.2, 0) is 4.79 Å². The Morgan fingerprint density at radius 1 is 1.12 bits per heavy atom. The maximum Gasteiger partial charge on any atom is 0.220 e. The maximum absolute atomic E-state index is 11.6. The molecule has 1 atom stereocenters. The summed E-state index contributed by atoms with van der Waals surface area (Å²) in [5, 5.41) is 3.13. The molecule has 0 rings (SSSR count). The summed E-state index contributed by atoms with van der Waals surface area (Å²) in [6.07, 6.45) is 8.24. The average molecular weight is 228 g/mol. The van der Waals surface area contributed by atoms with E-state index >= 15 is 0 Å². The van der Waals surface area contributed by atoms with Crippen LogP contribution in [0.2, 0.25) is 0 Å². The van der Waals surface area contributed by atoms with Gasteiger partial charge in [0, 0.05) is 12.5 Å². The molecule has 0 aromatic rings. The third-order valence-electron chi connectivity index (χ3n) is 2.77. The van der Waals surface area contributed by atoms with E-state index in [1.165, 1.54) is 12.8 Å². The van der Waals surface area contributed by atoms with Gasteiger partial charge in [-0.25, -0.2) is 0 Å². The SMILES string of the molecule is CCCCC(CCC)NC(=O)CCCCN. The minimum atomic E-state index is 0.197. The molecule has 0 heterocycles. The van der Waals surface area contributed by atoms with Crippen molar-refractivity contribution in [1.82, 2.24) is 5.32 Å². The standard InChI is InChI=1S/C13H28N2O/c1-3-5-9-12(8-4-2)15-13(16)10-6-7-11-14/h12H,3-11,14H2,1-2H3,(H,15,16). The molecule has 0 aromatic heterocycles. The topological polar surface area (TPSA) is 55.1 Å². The average Bonchev–Trinajstić information content (AvgIpc) is 2.26. The van der Waals surface area contributed by atoms with Gasteiger partial charge < -0.3 is 11.1 Å². The van der Waals surface area contributed by atoms with Gasteiger partial charge in [0.25, 0.3) is 0 Å². The van der Waals surface area contributed by atoms with Crippen molar-refractivity contribution in [1.29, 1.82) is 0 Å². The van der Waals surface area contributed by atoms with Crippen LogP contribution in [0.25, 0.3) is 0 Å². The minimum Gasteiger partial charge on any atom is -0.353 e. The second kappa shape index (κ2) is 10.9. The van der Waals surface area contributed by atoms with E-state index < -0.39 is 0 Å². The second-order valence-corrected chi connectivity index (χ2v) is 4.44. The molecule has 0 spiro atoms. The quantitative estimate of drug-likeness (QED) is 0.565. The number of rotatable bonds is 10. The first kappa shape index (κ1) is 15.4. The van der Waals surface area contributed by atoms with Crippen LogP contribution in [0.1, 0.15) is 65.2 Å². The van der Waals surface area contributed by atoms with Gasteiger partial charge in [-0.1, -0.05) is 33.1 Å². The Kier molecular flexibility index (Phi) is 10.5. The molecule has 0 saturated carbocycles. The van der Waals surface area contributed by atoms with Crippen molar-refractivity contribution < 1.29 is 4.79 Å². The number of amides is 1. The van der Waals surface area contributed by atoms with E-state index in [2.05, 4.69) is 19.2 Å². The summed E-state index contributed by atoms with van der Waals surface area (Å²) in [4.78, 5) is 11.6. The number of nitrogens with two attached hydrogens (primary N) is 1. The summed E-state index contributed by atoms with van der Waals surface area (Å²) >= 11 is 0. The third kappa shape index (κ3) is 8.72. The Labute approximate surface area is 100 Å². The van der Waals surface area contributed by atoms with Crippen molar-refractivity contribution in [3.05, 3.63) is 0 Å². The predicted molar refractivity (Wildman–Crippen MR) is 69.3 cm³/mol. The van der Waals surface area contributed by atoms with E-state index in [-0.39, 0.29) is 5.91 Å². The van der Waals surface area contributed by atoms with Gasteiger partial charge in [0.05, 0.1) is 0 Å². The maximum atomic E-state index is 11.6. The Morgan fingerprint density at radius 2 is 1.88 bits per heavy atom. The lowest BCUT2D eigenvalue weighted by Gasteiger charge is -2.17. The molecule has 96 valence electrons. The Bertz CT molecular complexity index is 171. The van der Waals surface area contributed by atoms with Crippen molar-refractivity contribution in [3.8, 4) is 0 Å². The van der Waals surface area contributed by atoms with Crippen LogP contribution in [0.3, 0.4) is 0 Å². The fraction of sp³-hybridized carbons (Fsp3) is 0.923. The summed E-state index contributed by atoms with van der Waals surface area (Å²) in [5.41, 5.74) is 5.40. The van der Waals surface area contributed by atoms with Crippen LogP contribution in [0.15, 0.2) is 0 Å². The van der Waals surface area contributed by atoms with Crippen molar-refractivity contribution in [3.63, 3.8) is 0 Å². The van der Waals surface area contributed by atoms with Crippen LogP contribution < -0.4 is 11.1 Å². The second-order valence-electron chi connectivity index (χ2n) is 4.44. The Balaban J connectivity index is 3.73. The normalized spacial score (nSPS) is 12.4. The number of carbonyl (C=O) groups is 1. The zero-order valence-electron chi connectivity index (χ0n) is 10.9. The molecular weight excluding hydrogens is 200 g/mol. The first-order valence-corrected chi connectivity index (χ1v) is 6.74. The molecule has 0 aromatic carbocycles. The number of hydrogen-bond acceptors (Lipinski definition) is 2. The van der Waals surface area contributed by atoms with E-state index in [9.17, 15) is 4.79 Å². The van der Waals surface area contributed by atoms with E-state index in [4.69, 9.17) is 5.73 Å². The van der Waals surface area contributed by atoms with Crippen molar-refractivity contribution >= 4 is 5.91 Å². The van der Waals surface area contributed by atoms with Crippen LogP contribution in [-0.4, -0.2) is 18.5 Å². The van der Waals surface area contributed by atoms with Gasteiger partial charge in [-0.05, 0) is 32.2 Å². The fourth-order valence-corrected chi connectivity index (χ4v) is 1.82. The number of nitrogens with one attached hydrogen (secondary N) is 1. The van der Waals surface area contributed by atoms with Crippen LogP contribution in [0.4, 0.5) is 0 Å². The first-order valence-electron chi connectivity index (χ1n) is 6.74. The zero-order valence-corrected chi connectivity index (χ0v) is 10.9. The monoisotopic (exact) mass is 228 g/mol. The molecule has 0 saturated heterocycles. The molecule has 0 radical (unpaired) electrons. The highest BCUT2D eigenvalue weighted by atomic mass is 16.1. The lowest BCUT2D eigenvalue weighted by molar-refractivity contribution is -0.122. The molecule has 1 amide bonds. The molecule has 0 aliphatic heterocycles. The number of hydrogen-bond donors (Lipinski definition) is 2. The van der Waals surface area contributed by atoms with Gasteiger partial charge >= 0.3 is 0 Å². The van der Waals surface area contributed by atoms with Crippen LogP contribution >= 0.6 is 0 Å². The fourth-order valence-electron chi connectivity index (χ4n) is 1.82. The lowest BCUT2D eigenvalue weighted by Crippen LogP contribution is -2.34. The molecule has 16 heavy (non-hydrogen) atoms. The highest BCUT2D eigenvalue weighted by Gasteiger charge is 2.10. The van der Waals surface area contributed by atoms with Crippen molar-refractivity contribution in [2.45, 2.75) is 71.3 Å². The molecule has 3 N–H and O–H groups in total. The van der Waals surface area contributed by atoms with Gasteiger partial charge in [-0.2, -0.15) is 0 Å². The Hall–Kier alpha value is -0.570. The van der Waals surface area contributed by atoms with E-state index in [1.54, 1.807) is 0 Å². The van der Waals surface area contributed by atoms with Crippen LogP contribution in [0, 0.1) is 0 Å². The van der Waals surface area contributed by atoms with Crippen molar-refractivity contribution in [2.24, 2.45) is 5.73 Å². The molecule has 0 fully saturated rings. The van der Waals surface area contributed by atoms with Gasteiger partial charge in [-0.3, -0.25) is 4.79 Å². The minimum absolute atomic E-state index is 0.197. The van der Waals surface area contributed by atoms with Crippen LogP contribution in [0.5, 0.6) is 0 Å². The van der Waals surface area contributed by atoms with Gasteiger partial charge in [0.15, 0.2) is 0 Å². The lowest BCUT2D eigenvalue weighted by atomic mass is 10.0. The Morgan fingerprint density at radius 3 is 2.44 bits per heavy atom. The van der Waals surface area contributed by atoms with E-state index in [1.807, 2.05) is 0 Å². The van der Waals surface area contributed by atoms with Gasteiger partial charge in [0.1, 0.15) is 0 Å². The smallest absolute Gasteiger partial charge is 0.220 e. The van der Waals surface area contributed by atoms with Crippen molar-refractivity contribution in [2.75, 3.05) is 6.54 Å². The summed E-state index contributed by atoms with van der Waals surface area (Å²) in [6, 6.07) is 0.385. The summed E-state index contributed by atoms with van der Waals surface area (Å²) < 4.78 is 0. The molecule has 3 nitrogen and oxygen atoms in total. The molecule has 1 unspecified atom stereocenters. The zero-order chi connectivity index (χ0) is 12.2. The molecule has 0 bridgehead atoms. The predicted octanol–water partition coefficient (Wildman–Crippen LogP) is 2.59. The van der Waals surface area contributed by atoms with Gasteiger partial charge in [0.2, 0.25) is 5.91 Å². The number of unbranched alkanes of at least 4 members (excludes halogenated alkanes) is 2. The highest BCUT2D eigenvalue weighted by Crippen LogP contribution is 2.07. The first-order chi connectivity index (χ1) is 7.74. The number of carbonyl (C=O) groups excluding carboxylic acids is 1. The van der Waals surface area contributed by atoms with Gasteiger partial charge in [-0.15, -0.1) is 0 Å². The molecule has 0 aliphatic carbocycles. The third-order valence-corrected chi connectivity index (χ3v) is 2.77. The summed E-state index contributed by atoms with van der Waals surface area (Å²) in [5.74, 6) is 0.197. The highest BCUT2D eigenvalue weighted by molar-refractivity contribution is 5.76. The molecule has 0 aliphatic rings. The summed E-state index contributed by atoms with van der Waals surface area (Å²) in [7, 11) is 0.